The number of benzene rings is 1. The zero-order chi connectivity index (χ0) is 17.6. The van der Waals surface area contributed by atoms with Crippen LogP contribution < -0.4 is 15.4 Å². The number of aliphatic imine (C=N–C) groups is 1. The van der Waals surface area contributed by atoms with Crippen molar-refractivity contribution in [1.29, 1.82) is 0 Å². The Morgan fingerprint density at radius 3 is 3.00 bits per heavy atom. The summed E-state index contributed by atoms with van der Waals surface area (Å²) in [6.45, 7) is 3.71. The molecule has 134 valence electrons. The van der Waals surface area contributed by atoms with Gasteiger partial charge in [0.05, 0.1) is 23.5 Å². The monoisotopic (exact) mass is 379 g/mol. The van der Waals surface area contributed by atoms with Gasteiger partial charge in [0.2, 0.25) is 0 Å². The van der Waals surface area contributed by atoms with E-state index in [1.165, 1.54) is 11.3 Å². The highest BCUT2D eigenvalue weighted by molar-refractivity contribution is 7.16. The van der Waals surface area contributed by atoms with Crippen LogP contribution in [0.4, 0.5) is 0 Å². The largest absolute Gasteiger partial charge is 0.493 e. The van der Waals surface area contributed by atoms with E-state index in [1.807, 2.05) is 31.2 Å². The van der Waals surface area contributed by atoms with Gasteiger partial charge in [-0.3, -0.25) is 4.99 Å². The van der Waals surface area contributed by atoms with E-state index in [0.717, 1.165) is 29.2 Å². The van der Waals surface area contributed by atoms with Crippen LogP contribution in [0.2, 0.25) is 4.34 Å². The molecule has 1 aromatic heterocycles. The van der Waals surface area contributed by atoms with Gasteiger partial charge in [-0.15, -0.1) is 11.3 Å². The van der Waals surface area contributed by atoms with E-state index in [9.17, 15) is 5.11 Å². The van der Waals surface area contributed by atoms with E-state index < -0.39 is 6.10 Å². The minimum Gasteiger partial charge on any atom is -0.493 e. The molecule has 2 atom stereocenters. The van der Waals surface area contributed by atoms with Gasteiger partial charge in [0.1, 0.15) is 11.9 Å². The molecule has 0 bridgehead atoms. The van der Waals surface area contributed by atoms with Crippen molar-refractivity contribution >= 4 is 28.9 Å². The molecule has 1 aliphatic heterocycles. The van der Waals surface area contributed by atoms with Crippen molar-refractivity contribution in [1.82, 2.24) is 10.6 Å². The Hall–Kier alpha value is -1.76. The molecule has 3 rings (SSSR count). The Balaban J connectivity index is 1.69. The molecule has 2 unspecified atom stereocenters. The van der Waals surface area contributed by atoms with E-state index in [0.29, 0.717) is 16.9 Å². The highest BCUT2D eigenvalue weighted by Gasteiger charge is 2.22. The quantitative estimate of drug-likeness (QED) is 0.549. The first-order valence-electron chi connectivity index (χ1n) is 8.37. The number of nitrogens with zero attached hydrogens (tertiary/aromatic N) is 1. The van der Waals surface area contributed by atoms with Crippen molar-refractivity contribution < 1.29 is 9.84 Å². The van der Waals surface area contributed by atoms with Crippen LogP contribution in [0.1, 0.15) is 35.9 Å². The van der Waals surface area contributed by atoms with Crippen LogP contribution in [0.25, 0.3) is 0 Å². The third-order valence-electron chi connectivity index (χ3n) is 3.96. The minimum atomic E-state index is -0.657. The number of guanidine groups is 1. The fourth-order valence-electron chi connectivity index (χ4n) is 2.75. The summed E-state index contributed by atoms with van der Waals surface area (Å²) in [5.41, 5.74) is 1.13. The average molecular weight is 380 g/mol. The van der Waals surface area contributed by atoms with Gasteiger partial charge < -0.3 is 20.5 Å². The summed E-state index contributed by atoms with van der Waals surface area (Å²) < 4.78 is 6.37. The second kappa shape index (κ2) is 8.56. The first-order valence-corrected chi connectivity index (χ1v) is 9.56. The standard InChI is InChI=1S/C18H22ClN3O2S/c1-2-20-18(21-11-14(23)16-7-8-17(19)25-16)22-13-9-10-24-15-6-4-3-5-12(13)15/h3-8,13-14,23H,2,9-11H2,1H3,(H2,20,21,22). The van der Waals surface area contributed by atoms with Crippen LogP contribution in [0.15, 0.2) is 41.4 Å². The highest BCUT2D eigenvalue weighted by atomic mass is 35.5. The number of thiophene rings is 1. The number of rotatable bonds is 5. The topological polar surface area (TPSA) is 65.9 Å². The summed E-state index contributed by atoms with van der Waals surface area (Å²) in [6, 6.07) is 11.8. The van der Waals surface area contributed by atoms with Gasteiger partial charge in [-0.05, 0) is 25.1 Å². The maximum absolute atomic E-state index is 10.3. The molecule has 0 amide bonds. The predicted molar refractivity (Wildman–Crippen MR) is 103 cm³/mol. The third-order valence-corrected chi connectivity index (χ3v) is 5.29. The Labute approximate surface area is 156 Å². The maximum Gasteiger partial charge on any atom is 0.191 e. The van der Waals surface area contributed by atoms with Crippen molar-refractivity contribution in [2.24, 2.45) is 4.99 Å². The van der Waals surface area contributed by atoms with E-state index in [1.54, 1.807) is 6.07 Å². The minimum absolute atomic E-state index is 0.135. The van der Waals surface area contributed by atoms with Crippen molar-refractivity contribution in [3.05, 3.63) is 51.2 Å². The SMILES string of the molecule is CCNC(=NCC(O)c1ccc(Cl)s1)NC1CCOc2ccccc21. The van der Waals surface area contributed by atoms with Gasteiger partial charge in [-0.2, -0.15) is 0 Å². The molecule has 5 nitrogen and oxygen atoms in total. The van der Waals surface area contributed by atoms with Gasteiger partial charge in [-0.1, -0.05) is 29.8 Å². The lowest BCUT2D eigenvalue weighted by Crippen LogP contribution is -2.41. The number of ether oxygens (including phenoxy) is 1. The molecule has 2 heterocycles. The zero-order valence-electron chi connectivity index (χ0n) is 14.0. The number of nitrogens with one attached hydrogen (secondary N) is 2. The molecule has 1 aromatic carbocycles. The van der Waals surface area contributed by atoms with Crippen LogP contribution in [0.3, 0.4) is 0 Å². The number of aliphatic hydroxyl groups excluding tert-OH is 1. The van der Waals surface area contributed by atoms with Crippen LogP contribution in [0, 0.1) is 0 Å². The normalized spacial score (nSPS) is 18.2. The zero-order valence-corrected chi connectivity index (χ0v) is 15.6. The molecule has 0 fully saturated rings. The Kier molecular flexibility index (Phi) is 6.18. The molecule has 2 aromatic rings. The number of fused-ring (bicyclic) bond motifs is 1. The number of hydrogen-bond acceptors (Lipinski definition) is 4. The predicted octanol–water partition coefficient (Wildman–Crippen LogP) is 3.51. The van der Waals surface area contributed by atoms with Crippen molar-refractivity contribution in [3.8, 4) is 5.75 Å². The van der Waals surface area contributed by atoms with Gasteiger partial charge in [0, 0.05) is 23.4 Å². The molecule has 7 heteroatoms. The summed E-state index contributed by atoms with van der Waals surface area (Å²) in [6.07, 6.45) is 0.208. The van der Waals surface area contributed by atoms with E-state index in [4.69, 9.17) is 16.3 Å². The van der Waals surface area contributed by atoms with Crippen molar-refractivity contribution in [2.45, 2.75) is 25.5 Å². The highest BCUT2D eigenvalue weighted by Crippen LogP contribution is 2.31. The number of para-hydroxylation sites is 1. The van der Waals surface area contributed by atoms with Gasteiger partial charge in [0.25, 0.3) is 0 Å². The van der Waals surface area contributed by atoms with Crippen LogP contribution in [0.5, 0.6) is 5.75 Å². The molecule has 25 heavy (non-hydrogen) atoms. The lowest BCUT2D eigenvalue weighted by Gasteiger charge is -2.28. The fourth-order valence-corrected chi connectivity index (χ4v) is 3.79. The van der Waals surface area contributed by atoms with E-state index >= 15 is 0 Å². The van der Waals surface area contributed by atoms with Gasteiger partial charge in [0.15, 0.2) is 5.96 Å². The molecular formula is C18H22ClN3O2S. The first kappa shape index (κ1) is 18.0. The Morgan fingerprint density at radius 2 is 2.24 bits per heavy atom. The Morgan fingerprint density at radius 1 is 1.40 bits per heavy atom. The molecule has 3 N–H and O–H groups in total. The summed E-state index contributed by atoms with van der Waals surface area (Å²) in [4.78, 5) is 5.35. The van der Waals surface area contributed by atoms with Crippen LogP contribution in [-0.4, -0.2) is 30.8 Å². The van der Waals surface area contributed by atoms with Crippen LogP contribution in [-0.2, 0) is 0 Å². The summed E-state index contributed by atoms with van der Waals surface area (Å²) >= 11 is 7.30. The third kappa shape index (κ3) is 4.66. The lowest BCUT2D eigenvalue weighted by atomic mass is 10.0. The number of halogens is 1. The molecule has 1 aliphatic rings. The van der Waals surface area contributed by atoms with E-state index in [-0.39, 0.29) is 12.6 Å². The maximum atomic E-state index is 10.3. The van der Waals surface area contributed by atoms with Gasteiger partial charge in [-0.25, -0.2) is 0 Å². The lowest BCUT2D eigenvalue weighted by molar-refractivity contribution is 0.191. The second-order valence-corrected chi connectivity index (χ2v) is 7.50. The summed E-state index contributed by atoms with van der Waals surface area (Å²) in [5.74, 6) is 1.60. The fraction of sp³-hybridized carbons (Fsp3) is 0.389. The molecule has 0 saturated carbocycles. The molecule has 0 aliphatic carbocycles. The van der Waals surface area contributed by atoms with Gasteiger partial charge >= 0.3 is 0 Å². The number of aliphatic hydroxyl groups is 1. The van der Waals surface area contributed by atoms with E-state index in [2.05, 4.69) is 21.7 Å². The van der Waals surface area contributed by atoms with Crippen LogP contribution >= 0.6 is 22.9 Å². The summed E-state index contributed by atoms with van der Waals surface area (Å²) in [5, 5.41) is 17.0. The van der Waals surface area contributed by atoms with Crippen molar-refractivity contribution in [2.75, 3.05) is 19.7 Å². The molecule has 0 saturated heterocycles. The smallest absolute Gasteiger partial charge is 0.191 e. The second-order valence-electron chi connectivity index (χ2n) is 5.75. The molecule has 0 spiro atoms. The Bertz CT molecular complexity index is 735. The summed E-state index contributed by atoms with van der Waals surface area (Å²) in [7, 11) is 0. The average Bonchev–Trinajstić information content (AvgIpc) is 3.06. The first-order chi connectivity index (χ1) is 12.2. The molecule has 0 radical (unpaired) electrons. The number of hydrogen-bond donors (Lipinski definition) is 3. The molecular weight excluding hydrogens is 358 g/mol. The van der Waals surface area contributed by atoms with Crippen molar-refractivity contribution in [3.63, 3.8) is 0 Å².